The zero-order valence-corrected chi connectivity index (χ0v) is 11.8. The summed E-state index contributed by atoms with van der Waals surface area (Å²) in [6.07, 6.45) is 0.0983. The van der Waals surface area contributed by atoms with E-state index in [1.165, 1.54) is 0 Å². The molecule has 0 aliphatic rings. The van der Waals surface area contributed by atoms with Crippen LogP contribution in [-0.2, 0) is 0 Å². The summed E-state index contributed by atoms with van der Waals surface area (Å²) >= 11 is 3.37. The molecule has 2 nitrogen and oxygen atoms in total. The Hall–Kier alpha value is 0.226. The van der Waals surface area contributed by atoms with Crippen molar-refractivity contribution >= 4 is 39.0 Å². The van der Waals surface area contributed by atoms with Crippen LogP contribution in [0.25, 0.3) is 0 Å². The monoisotopic (exact) mass is 267 g/mol. The Balaban J connectivity index is 0.00000169. The number of hydrogen-bond donors (Lipinski definition) is 0. The first-order chi connectivity index (χ1) is 6.09. The first-order valence-electron chi connectivity index (χ1n) is 4.18. The third kappa shape index (κ3) is 4.64. The number of halogens is 1. The number of rotatable bonds is 3. The van der Waals surface area contributed by atoms with Crippen molar-refractivity contribution in [3.63, 3.8) is 0 Å². The van der Waals surface area contributed by atoms with Crippen LogP contribution in [0.5, 0.6) is 5.75 Å². The molecule has 0 heterocycles. The van der Waals surface area contributed by atoms with E-state index < -0.39 is 0 Å². The van der Waals surface area contributed by atoms with E-state index in [4.69, 9.17) is 4.74 Å². The van der Waals surface area contributed by atoms with Crippen molar-refractivity contribution in [3.8, 4) is 5.75 Å². The molecule has 0 amide bonds. The van der Waals surface area contributed by atoms with E-state index in [1.807, 2.05) is 50.2 Å². The van der Waals surface area contributed by atoms with Crippen LogP contribution in [0.15, 0.2) is 28.7 Å². The van der Waals surface area contributed by atoms with Crippen molar-refractivity contribution in [1.29, 1.82) is 0 Å². The van der Waals surface area contributed by atoms with Crippen LogP contribution >= 0.6 is 15.9 Å². The minimum absolute atomic E-state index is 0. The van der Waals surface area contributed by atoms with Gasteiger partial charge in [0, 0.05) is 4.47 Å². The summed E-state index contributed by atoms with van der Waals surface area (Å²) < 4.78 is 6.70. The van der Waals surface area contributed by atoms with E-state index in [-0.39, 0.29) is 29.3 Å². The zero-order valence-electron chi connectivity index (χ0n) is 8.83. The Morgan fingerprint density at radius 1 is 1.21 bits per heavy atom. The third-order valence-electron chi connectivity index (χ3n) is 1.85. The summed E-state index contributed by atoms with van der Waals surface area (Å²) in [6, 6.07) is 7.84. The van der Waals surface area contributed by atoms with Gasteiger partial charge in [0.05, 0.1) is 0 Å². The van der Waals surface area contributed by atoms with Gasteiger partial charge in [-0.15, -0.1) is 0 Å². The average Bonchev–Trinajstić information content (AvgIpc) is 2.08. The minimum Gasteiger partial charge on any atom is -0.475 e. The van der Waals surface area contributed by atoms with Crippen LogP contribution < -0.4 is 4.74 Å². The van der Waals surface area contributed by atoms with Crippen molar-refractivity contribution in [2.45, 2.75) is 13.2 Å². The summed E-state index contributed by atoms with van der Waals surface area (Å²) in [5, 5.41) is 0. The maximum absolute atomic E-state index is 5.64. The summed E-state index contributed by atoms with van der Waals surface area (Å²) in [5.41, 5.74) is 0. The number of ether oxygens (including phenoxy) is 1. The largest absolute Gasteiger partial charge is 2.00 e. The van der Waals surface area contributed by atoms with Crippen molar-refractivity contribution < 1.29 is 4.74 Å². The van der Waals surface area contributed by atoms with E-state index >= 15 is 0 Å². The molecule has 0 aliphatic heterocycles. The topological polar surface area (TPSA) is 12.5 Å². The van der Waals surface area contributed by atoms with Crippen LogP contribution in [-0.4, -0.2) is 48.3 Å². The van der Waals surface area contributed by atoms with E-state index in [0.717, 1.165) is 10.2 Å². The SMILES string of the molecule is CC(Oc1ccc(Br)cc1)N(C)C.[Mg+2]. The molecule has 0 radical (unpaired) electrons. The van der Waals surface area contributed by atoms with Gasteiger partial charge in [0.1, 0.15) is 12.0 Å². The predicted octanol–water partition coefficient (Wildman–Crippen LogP) is 2.35. The first-order valence-corrected chi connectivity index (χ1v) is 4.97. The van der Waals surface area contributed by atoms with Crippen molar-refractivity contribution in [2.24, 2.45) is 0 Å². The van der Waals surface area contributed by atoms with E-state index in [2.05, 4.69) is 15.9 Å². The second-order valence-electron chi connectivity index (χ2n) is 3.13. The maximum atomic E-state index is 5.64. The molecule has 14 heavy (non-hydrogen) atoms. The van der Waals surface area contributed by atoms with Gasteiger partial charge in [0.15, 0.2) is 0 Å². The molecule has 0 bridgehead atoms. The van der Waals surface area contributed by atoms with Crippen LogP contribution in [0.2, 0.25) is 0 Å². The summed E-state index contributed by atoms with van der Waals surface area (Å²) in [5.74, 6) is 0.893. The van der Waals surface area contributed by atoms with Crippen LogP contribution in [0.4, 0.5) is 0 Å². The molecule has 0 fully saturated rings. The van der Waals surface area contributed by atoms with Crippen molar-refractivity contribution in [3.05, 3.63) is 28.7 Å². The van der Waals surface area contributed by atoms with Crippen molar-refractivity contribution in [2.75, 3.05) is 14.1 Å². The molecule has 1 rings (SSSR count). The normalized spacial score (nSPS) is 12.1. The smallest absolute Gasteiger partial charge is 0.475 e. The predicted molar refractivity (Wildman–Crippen MR) is 63.7 cm³/mol. The van der Waals surface area contributed by atoms with E-state index in [0.29, 0.717) is 0 Å². The number of hydrogen-bond acceptors (Lipinski definition) is 2. The maximum Gasteiger partial charge on any atom is 2.00 e. The molecule has 1 aromatic rings. The molecule has 0 N–H and O–H groups in total. The fourth-order valence-electron chi connectivity index (χ4n) is 0.816. The Kier molecular flexibility index (Phi) is 6.77. The Bertz CT molecular complexity index is 263. The molecule has 1 unspecified atom stereocenters. The fraction of sp³-hybridized carbons (Fsp3) is 0.400. The molecule has 1 atom stereocenters. The number of benzene rings is 1. The Morgan fingerprint density at radius 2 is 1.71 bits per heavy atom. The summed E-state index contributed by atoms with van der Waals surface area (Å²) in [7, 11) is 3.98. The Labute approximate surface area is 110 Å². The molecular formula is C10H14BrMgNO+2. The van der Waals surface area contributed by atoms with Crippen LogP contribution in [0.3, 0.4) is 0 Å². The van der Waals surface area contributed by atoms with E-state index in [9.17, 15) is 0 Å². The molecule has 4 heteroatoms. The summed E-state index contributed by atoms with van der Waals surface area (Å²) in [6.45, 7) is 2.02. The van der Waals surface area contributed by atoms with Gasteiger partial charge in [-0.3, -0.25) is 4.90 Å². The standard InChI is InChI=1S/C10H14BrNO.Mg/c1-8(12(2)3)13-10-6-4-9(11)5-7-10;/h4-8H,1-3H3;/q;+2. The third-order valence-corrected chi connectivity index (χ3v) is 2.38. The Morgan fingerprint density at radius 3 is 2.14 bits per heavy atom. The quantitative estimate of drug-likeness (QED) is 0.616. The van der Waals surface area contributed by atoms with Gasteiger partial charge in [0.25, 0.3) is 0 Å². The first kappa shape index (κ1) is 14.2. The van der Waals surface area contributed by atoms with Crippen LogP contribution in [0, 0.1) is 0 Å². The van der Waals surface area contributed by atoms with Gasteiger partial charge in [-0.2, -0.15) is 0 Å². The molecule has 0 aliphatic carbocycles. The average molecular weight is 268 g/mol. The van der Waals surface area contributed by atoms with E-state index in [1.54, 1.807) is 0 Å². The van der Waals surface area contributed by atoms with Crippen LogP contribution in [0.1, 0.15) is 6.92 Å². The number of nitrogens with zero attached hydrogens (tertiary/aromatic N) is 1. The molecular weight excluding hydrogens is 254 g/mol. The molecule has 0 aromatic heterocycles. The minimum atomic E-state index is 0. The van der Waals surface area contributed by atoms with Gasteiger partial charge >= 0.3 is 23.1 Å². The fourth-order valence-corrected chi connectivity index (χ4v) is 1.08. The molecule has 0 spiro atoms. The van der Waals surface area contributed by atoms with Gasteiger partial charge in [0.2, 0.25) is 0 Å². The summed E-state index contributed by atoms with van der Waals surface area (Å²) in [4.78, 5) is 2.02. The molecule has 1 aromatic carbocycles. The molecule has 0 saturated heterocycles. The second-order valence-corrected chi connectivity index (χ2v) is 4.05. The second kappa shape index (κ2) is 6.66. The van der Waals surface area contributed by atoms with Gasteiger partial charge in [-0.1, -0.05) is 15.9 Å². The van der Waals surface area contributed by atoms with Gasteiger partial charge < -0.3 is 4.74 Å². The van der Waals surface area contributed by atoms with Crippen molar-refractivity contribution in [1.82, 2.24) is 4.90 Å². The molecule has 0 saturated carbocycles. The molecule has 72 valence electrons. The zero-order chi connectivity index (χ0) is 9.84. The van der Waals surface area contributed by atoms with Gasteiger partial charge in [-0.25, -0.2) is 0 Å². The van der Waals surface area contributed by atoms with Gasteiger partial charge in [-0.05, 0) is 45.3 Å².